The van der Waals surface area contributed by atoms with Gasteiger partial charge in [0, 0.05) is 25.2 Å². The molecule has 0 bridgehead atoms. The summed E-state index contributed by atoms with van der Waals surface area (Å²) in [6.07, 6.45) is 2.79. The fourth-order valence-electron chi connectivity index (χ4n) is 2.89. The molecule has 0 aromatic heterocycles. The van der Waals surface area contributed by atoms with Crippen molar-refractivity contribution in [2.24, 2.45) is 0 Å². The van der Waals surface area contributed by atoms with Gasteiger partial charge in [-0.05, 0) is 53.3 Å². The molecule has 0 aliphatic carbocycles. The van der Waals surface area contributed by atoms with Crippen LogP contribution in [0.4, 0.5) is 8.78 Å². The van der Waals surface area contributed by atoms with Crippen LogP contribution in [0.25, 0.3) is 16.8 Å². The molecule has 0 atom stereocenters. The lowest BCUT2D eigenvalue weighted by Crippen LogP contribution is -2.27. The molecule has 0 fully saturated rings. The molecule has 3 aromatic rings. The molecule has 0 radical (unpaired) electrons. The van der Waals surface area contributed by atoms with Crippen molar-refractivity contribution in [2.75, 3.05) is 20.7 Å². The van der Waals surface area contributed by atoms with Crippen LogP contribution in [0, 0.1) is 0 Å². The quantitative estimate of drug-likeness (QED) is 0.384. The minimum absolute atomic E-state index is 0.00735. The van der Waals surface area contributed by atoms with Gasteiger partial charge in [0.25, 0.3) is 5.91 Å². The molecule has 0 N–H and O–H groups in total. The number of amides is 1. The minimum atomic E-state index is -2.98. The van der Waals surface area contributed by atoms with Crippen molar-refractivity contribution >= 4 is 28.5 Å². The number of allylic oxidation sites excluding steroid dienone is 1. The first kappa shape index (κ1) is 22.0. The van der Waals surface area contributed by atoms with E-state index in [1.54, 1.807) is 56.6 Å². The number of hydrogen-bond acceptors (Lipinski definition) is 4. The number of alkyl halides is 2. The van der Waals surface area contributed by atoms with Gasteiger partial charge in [-0.3, -0.25) is 9.59 Å². The van der Waals surface area contributed by atoms with Gasteiger partial charge in [-0.2, -0.15) is 8.78 Å². The van der Waals surface area contributed by atoms with Crippen LogP contribution in [0.5, 0.6) is 11.5 Å². The summed E-state index contributed by atoms with van der Waals surface area (Å²) in [6, 6.07) is 16.7. The zero-order chi connectivity index (χ0) is 22.4. The van der Waals surface area contributed by atoms with E-state index in [-0.39, 0.29) is 24.0 Å². The van der Waals surface area contributed by atoms with Gasteiger partial charge >= 0.3 is 6.61 Å². The Morgan fingerprint density at radius 2 is 1.71 bits per heavy atom. The van der Waals surface area contributed by atoms with E-state index >= 15 is 0 Å². The van der Waals surface area contributed by atoms with Crippen molar-refractivity contribution in [3.63, 3.8) is 0 Å². The highest BCUT2D eigenvalue weighted by molar-refractivity contribution is 6.08. The molecule has 3 rings (SSSR count). The summed E-state index contributed by atoms with van der Waals surface area (Å²) >= 11 is 0. The van der Waals surface area contributed by atoms with Gasteiger partial charge in [0.15, 0.2) is 12.4 Å². The van der Waals surface area contributed by atoms with Crippen LogP contribution in [0.3, 0.4) is 0 Å². The number of benzene rings is 3. The number of hydrogen-bond donors (Lipinski definition) is 0. The second-order valence-corrected chi connectivity index (χ2v) is 6.88. The minimum Gasteiger partial charge on any atom is -0.484 e. The number of ketones is 1. The molecular formula is C24H21F2NO4. The number of nitrogens with zero attached hydrogens (tertiary/aromatic N) is 1. The van der Waals surface area contributed by atoms with Crippen molar-refractivity contribution in [1.82, 2.24) is 4.90 Å². The van der Waals surface area contributed by atoms with Crippen LogP contribution in [0.1, 0.15) is 15.9 Å². The summed E-state index contributed by atoms with van der Waals surface area (Å²) in [7, 11) is 3.26. The Morgan fingerprint density at radius 3 is 2.39 bits per heavy atom. The predicted octanol–water partition coefficient (Wildman–Crippen LogP) is 4.80. The average molecular weight is 425 g/mol. The maximum absolute atomic E-state index is 12.8. The van der Waals surface area contributed by atoms with E-state index in [0.29, 0.717) is 22.3 Å². The van der Waals surface area contributed by atoms with Crippen molar-refractivity contribution in [1.29, 1.82) is 0 Å². The van der Waals surface area contributed by atoms with Crippen LogP contribution >= 0.6 is 0 Å². The molecule has 1 amide bonds. The van der Waals surface area contributed by atoms with Gasteiger partial charge in [-0.15, -0.1) is 0 Å². The van der Waals surface area contributed by atoms with Crippen molar-refractivity contribution in [3.8, 4) is 11.5 Å². The van der Waals surface area contributed by atoms with E-state index in [0.717, 1.165) is 5.39 Å². The topological polar surface area (TPSA) is 55.8 Å². The van der Waals surface area contributed by atoms with Gasteiger partial charge in [-0.1, -0.05) is 30.3 Å². The van der Waals surface area contributed by atoms with Crippen molar-refractivity contribution in [3.05, 3.63) is 77.9 Å². The Kier molecular flexibility index (Phi) is 6.97. The van der Waals surface area contributed by atoms with Crippen LogP contribution in [-0.4, -0.2) is 43.9 Å². The number of fused-ring (bicyclic) bond motifs is 1. The molecular weight excluding hydrogens is 404 g/mol. The highest BCUT2D eigenvalue weighted by Crippen LogP contribution is 2.30. The molecule has 0 unspecified atom stereocenters. The van der Waals surface area contributed by atoms with Gasteiger partial charge in [0.2, 0.25) is 0 Å². The summed E-state index contributed by atoms with van der Waals surface area (Å²) in [6.45, 7) is -3.08. The monoisotopic (exact) mass is 425 g/mol. The molecule has 7 heteroatoms. The summed E-state index contributed by atoms with van der Waals surface area (Å²) in [5, 5.41) is 1.53. The molecule has 0 heterocycles. The van der Waals surface area contributed by atoms with Gasteiger partial charge < -0.3 is 14.4 Å². The highest BCUT2D eigenvalue weighted by Gasteiger charge is 2.12. The third-order valence-corrected chi connectivity index (χ3v) is 4.55. The number of rotatable bonds is 8. The summed E-state index contributed by atoms with van der Waals surface area (Å²) in [4.78, 5) is 25.6. The first-order valence-electron chi connectivity index (χ1n) is 9.47. The smallest absolute Gasteiger partial charge is 0.387 e. The van der Waals surface area contributed by atoms with E-state index in [1.165, 1.54) is 23.1 Å². The second-order valence-electron chi connectivity index (χ2n) is 6.88. The van der Waals surface area contributed by atoms with Crippen LogP contribution < -0.4 is 9.47 Å². The standard InChI is InChI=1S/C24H21F2NO4/c1-27(2)23(29)15-30-18-10-7-17(8-11-18)21(28)13-12-20-19-6-4-3-5-16(19)9-14-22(20)31-24(25)26/h3-14,24H,15H2,1-2H3/b13-12+. The molecule has 3 aromatic carbocycles. The SMILES string of the molecule is CN(C)C(=O)COc1ccc(C(=O)/C=C/c2c(OC(F)F)ccc3ccccc23)cc1. The van der Waals surface area contributed by atoms with E-state index in [9.17, 15) is 18.4 Å². The third-order valence-electron chi connectivity index (χ3n) is 4.55. The average Bonchev–Trinajstić information content (AvgIpc) is 2.76. The molecule has 0 aliphatic heterocycles. The lowest BCUT2D eigenvalue weighted by molar-refractivity contribution is -0.130. The van der Waals surface area contributed by atoms with Gasteiger partial charge in [-0.25, -0.2) is 0 Å². The Bertz CT molecular complexity index is 1110. The fourth-order valence-corrected chi connectivity index (χ4v) is 2.89. The predicted molar refractivity (Wildman–Crippen MR) is 115 cm³/mol. The first-order valence-corrected chi connectivity index (χ1v) is 9.47. The van der Waals surface area contributed by atoms with E-state index < -0.39 is 6.61 Å². The normalized spacial score (nSPS) is 11.1. The van der Waals surface area contributed by atoms with Gasteiger partial charge in [0.05, 0.1) is 0 Å². The molecule has 0 spiro atoms. The van der Waals surface area contributed by atoms with E-state index in [1.807, 2.05) is 12.1 Å². The number of carbonyl (C=O) groups excluding carboxylic acids is 2. The number of ether oxygens (including phenoxy) is 2. The number of carbonyl (C=O) groups is 2. The molecule has 0 saturated heterocycles. The summed E-state index contributed by atoms with van der Waals surface area (Å²) in [5.74, 6) is -0.0451. The maximum atomic E-state index is 12.8. The highest BCUT2D eigenvalue weighted by atomic mass is 19.3. The van der Waals surface area contributed by atoms with Crippen LogP contribution in [-0.2, 0) is 4.79 Å². The maximum Gasteiger partial charge on any atom is 0.387 e. The Labute approximate surface area is 178 Å². The fraction of sp³-hybridized carbons (Fsp3) is 0.167. The lowest BCUT2D eigenvalue weighted by atomic mass is 10.0. The lowest BCUT2D eigenvalue weighted by Gasteiger charge is -2.11. The molecule has 160 valence electrons. The zero-order valence-electron chi connectivity index (χ0n) is 17.0. The van der Waals surface area contributed by atoms with Crippen LogP contribution in [0.2, 0.25) is 0 Å². The molecule has 31 heavy (non-hydrogen) atoms. The molecule has 0 aliphatic rings. The van der Waals surface area contributed by atoms with Crippen LogP contribution in [0.15, 0.2) is 66.7 Å². The zero-order valence-corrected chi connectivity index (χ0v) is 17.0. The number of likely N-dealkylation sites (N-methyl/N-ethyl adjacent to an activating group) is 1. The third kappa shape index (κ3) is 5.66. The van der Waals surface area contributed by atoms with E-state index in [4.69, 9.17) is 4.74 Å². The summed E-state index contributed by atoms with van der Waals surface area (Å²) < 4.78 is 35.6. The van der Waals surface area contributed by atoms with Crippen molar-refractivity contribution < 1.29 is 27.8 Å². The molecule has 5 nitrogen and oxygen atoms in total. The van der Waals surface area contributed by atoms with Crippen molar-refractivity contribution in [2.45, 2.75) is 6.61 Å². The first-order chi connectivity index (χ1) is 14.8. The Balaban J connectivity index is 1.79. The Morgan fingerprint density at radius 1 is 1.00 bits per heavy atom. The van der Waals surface area contributed by atoms with Gasteiger partial charge in [0.1, 0.15) is 11.5 Å². The number of halogens is 2. The Hall–Kier alpha value is -3.74. The summed E-state index contributed by atoms with van der Waals surface area (Å²) in [5.41, 5.74) is 0.785. The molecule has 0 saturated carbocycles. The largest absolute Gasteiger partial charge is 0.484 e. The van der Waals surface area contributed by atoms with E-state index in [2.05, 4.69) is 4.74 Å². The second kappa shape index (κ2) is 9.84.